The van der Waals surface area contributed by atoms with E-state index in [1.807, 2.05) is 18.7 Å². The lowest BCUT2D eigenvalue weighted by Crippen LogP contribution is -2.44. The molecule has 5 heterocycles. The van der Waals surface area contributed by atoms with Crippen molar-refractivity contribution in [2.45, 2.75) is 57.7 Å². The predicted molar refractivity (Wildman–Crippen MR) is 112 cm³/mol. The van der Waals surface area contributed by atoms with Crippen molar-refractivity contribution in [2.75, 3.05) is 19.6 Å². The van der Waals surface area contributed by atoms with E-state index in [1.165, 1.54) is 6.26 Å². The van der Waals surface area contributed by atoms with E-state index in [0.29, 0.717) is 38.2 Å². The number of fused-ring (bicyclic) bond motifs is 3. The first-order chi connectivity index (χ1) is 14.9. The highest BCUT2D eigenvalue weighted by atomic mass is 16.3. The molecule has 5 rings (SSSR count). The number of furan rings is 1. The topological polar surface area (TPSA) is 101 Å². The first-order valence-electron chi connectivity index (χ1n) is 10.9. The third kappa shape index (κ3) is 3.23. The van der Waals surface area contributed by atoms with Gasteiger partial charge in [-0.1, -0.05) is 0 Å². The Kier molecular flexibility index (Phi) is 4.64. The number of aromatic nitrogens is 2. The number of hydrogen-bond donors (Lipinski definition) is 1. The van der Waals surface area contributed by atoms with Crippen molar-refractivity contribution < 1.29 is 14.0 Å². The van der Waals surface area contributed by atoms with E-state index in [-0.39, 0.29) is 41.3 Å². The average molecular weight is 425 g/mol. The zero-order chi connectivity index (χ0) is 21.8. The second kappa shape index (κ2) is 7.25. The lowest BCUT2D eigenvalue weighted by Gasteiger charge is -2.29. The molecular formula is C22H27N5O4. The SMILES string of the molecule is CC(C)NC(=O)N1CC[C@@]2(CCn3c2nc2c(c3=O)CN(C(=O)c3ccco3)CC2)C1. The van der Waals surface area contributed by atoms with Crippen molar-refractivity contribution in [3.63, 3.8) is 0 Å². The zero-order valence-electron chi connectivity index (χ0n) is 17.9. The molecule has 0 radical (unpaired) electrons. The molecule has 9 heteroatoms. The molecule has 1 saturated heterocycles. The predicted octanol–water partition coefficient (Wildman–Crippen LogP) is 1.50. The van der Waals surface area contributed by atoms with Gasteiger partial charge < -0.3 is 19.5 Å². The number of hydrogen-bond acceptors (Lipinski definition) is 5. The highest BCUT2D eigenvalue weighted by molar-refractivity contribution is 5.91. The van der Waals surface area contributed by atoms with E-state index >= 15 is 0 Å². The van der Waals surface area contributed by atoms with E-state index in [4.69, 9.17) is 9.40 Å². The molecule has 31 heavy (non-hydrogen) atoms. The number of amides is 3. The standard InChI is InChI=1S/C22H27N5O4/c1-14(2)23-21(30)26-9-6-22(13-26)7-10-27-18(28)15-12-25(8-5-16(15)24-20(22)27)19(29)17-4-3-11-31-17/h3-4,11,14H,5-10,12-13H2,1-2H3,(H,23,30)/t22-/m1/s1. The van der Waals surface area contributed by atoms with E-state index in [9.17, 15) is 14.4 Å². The minimum absolute atomic E-state index is 0.0566. The van der Waals surface area contributed by atoms with Crippen LogP contribution in [0.3, 0.4) is 0 Å². The summed E-state index contributed by atoms with van der Waals surface area (Å²) in [6.45, 7) is 6.48. The molecular weight excluding hydrogens is 398 g/mol. The second-order valence-corrected chi connectivity index (χ2v) is 9.08. The number of urea groups is 1. The van der Waals surface area contributed by atoms with Gasteiger partial charge in [0.2, 0.25) is 0 Å². The Balaban J connectivity index is 1.41. The fraction of sp³-hybridized carbons (Fsp3) is 0.545. The molecule has 3 aliphatic rings. The summed E-state index contributed by atoms with van der Waals surface area (Å²) in [6, 6.07) is 3.34. The van der Waals surface area contributed by atoms with Crippen molar-refractivity contribution in [2.24, 2.45) is 0 Å². The fourth-order valence-corrected chi connectivity index (χ4v) is 5.06. The Morgan fingerprint density at radius 2 is 2.00 bits per heavy atom. The summed E-state index contributed by atoms with van der Waals surface area (Å²) in [5.41, 5.74) is 1.06. The van der Waals surface area contributed by atoms with Gasteiger partial charge in [-0.25, -0.2) is 9.78 Å². The highest BCUT2D eigenvalue weighted by Crippen LogP contribution is 2.41. The number of carbonyl (C=O) groups is 2. The quantitative estimate of drug-likeness (QED) is 0.786. The smallest absolute Gasteiger partial charge is 0.317 e. The van der Waals surface area contributed by atoms with Crippen molar-refractivity contribution in [3.8, 4) is 0 Å². The van der Waals surface area contributed by atoms with Gasteiger partial charge in [0.25, 0.3) is 11.5 Å². The summed E-state index contributed by atoms with van der Waals surface area (Å²) in [5, 5.41) is 2.96. The maximum atomic E-state index is 13.3. The maximum Gasteiger partial charge on any atom is 0.317 e. The van der Waals surface area contributed by atoms with Crippen LogP contribution in [0, 0.1) is 0 Å². The number of nitrogens with one attached hydrogen (secondary N) is 1. The molecule has 0 unspecified atom stereocenters. The molecule has 2 aromatic heterocycles. The van der Waals surface area contributed by atoms with Crippen LogP contribution in [-0.4, -0.2) is 57.0 Å². The van der Waals surface area contributed by atoms with Crippen molar-refractivity contribution in [3.05, 3.63) is 51.6 Å². The average Bonchev–Trinajstić information content (AvgIpc) is 3.49. The normalized spacial score (nSPS) is 22.2. The van der Waals surface area contributed by atoms with Gasteiger partial charge in [-0.3, -0.25) is 14.2 Å². The fourth-order valence-electron chi connectivity index (χ4n) is 5.06. The van der Waals surface area contributed by atoms with Crippen LogP contribution in [0.5, 0.6) is 0 Å². The number of nitrogens with zero attached hydrogens (tertiary/aromatic N) is 4. The monoisotopic (exact) mass is 425 g/mol. The van der Waals surface area contributed by atoms with Crippen LogP contribution in [0.1, 0.15) is 54.3 Å². The molecule has 1 fully saturated rings. The van der Waals surface area contributed by atoms with E-state index < -0.39 is 0 Å². The van der Waals surface area contributed by atoms with Crippen LogP contribution >= 0.6 is 0 Å². The van der Waals surface area contributed by atoms with Gasteiger partial charge in [0.1, 0.15) is 5.82 Å². The second-order valence-electron chi connectivity index (χ2n) is 9.08. The Labute approximate surface area is 180 Å². The molecule has 3 aliphatic heterocycles. The third-order valence-electron chi connectivity index (χ3n) is 6.68. The summed E-state index contributed by atoms with van der Waals surface area (Å²) in [6.07, 6.45) is 3.63. The molecule has 1 N–H and O–H groups in total. The Morgan fingerprint density at radius 1 is 1.19 bits per heavy atom. The van der Waals surface area contributed by atoms with Crippen molar-refractivity contribution in [1.29, 1.82) is 0 Å². The third-order valence-corrected chi connectivity index (χ3v) is 6.68. The van der Waals surface area contributed by atoms with Gasteiger partial charge in [-0.15, -0.1) is 0 Å². The molecule has 0 bridgehead atoms. The summed E-state index contributed by atoms with van der Waals surface area (Å²) >= 11 is 0. The summed E-state index contributed by atoms with van der Waals surface area (Å²) in [5.74, 6) is 0.879. The first kappa shape index (κ1) is 19.8. The number of likely N-dealkylation sites (tertiary alicyclic amines) is 1. The molecule has 1 spiro atoms. The van der Waals surface area contributed by atoms with Gasteiger partial charge in [0, 0.05) is 44.1 Å². The van der Waals surface area contributed by atoms with E-state index in [0.717, 1.165) is 24.4 Å². The van der Waals surface area contributed by atoms with Crippen LogP contribution in [0.15, 0.2) is 27.6 Å². The van der Waals surface area contributed by atoms with Gasteiger partial charge in [-0.2, -0.15) is 0 Å². The molecule has 164 valence electrons. The first-order valence-corrected chi connectivity index (χ1v) is 10.9. The number of rotatable bonds is 2. The molecule has 0 saturated carbocycles. The van der Waals surface area contributed by atoms with Crippen LogP contribution in [0.2, 0.25) is 0 Å². The van der Waals surface area contributed by atoms with Crippen molar-refractivity contribution >= 4 is 11.9 Å². The Morgan fingerprint density at radius 3 is 2.74 bits per heavy atom. The van der Waals surface area contributed by atoms with Crippen LogP contribution in [0.4, 0.5) is 4.79 Å². The van der Waals surface area contributed by atoms with Gasteiger partial charge >= 0.3 is 6.03 Å². The Hall–Kier alpha value is -3.10. The molecule has 1 atom stereocenters. The van der Waals surface area contributed by atoms with Crippen LogP contribution < -0.4 is 10.9 Å². The highest BCUT2D eigenvalue weighted by Gasteiger charge is 2.48. The van der Waals surface area contributed by atoms with E-state index in [1.54, 1.807) is 21.6 Å². The van der Waals surface area contributed by atoms with Gasteiger partial charge in [-0.05, 0) is 38.8 Å². The molecule has 0 aromatic carbocycles. The molecule has 3 amide bonds. The molecule has 2 aromatic rings. The zero-order valence-corrected chi connectivity index (χ0v) is 17.9. The summed E-state index contributed by atoms with van der Waals surface area (Å²) in [4.78, 5) is 46.9. The van der Waals surface area contributed by atoms with Crippen molar-refractivity contribution in [1.82, 2.24) is 24.7 Å². The Bertz CT molecular complexity index is 1090. The van der Waals surface area contributed by atoms with Gasteiger partial charge in [0.15, 0.2) is 5.76 Å². The summed E-state index contributed by atoms with van der Waals surface area (Å²) < 4.78 is 7.00. The van der Waals surface area contributed by atoms with Gasteiger partial charge in [0.05, 0.1) is 24.1 Å². The minimum atomic E-state index is -0.260. The lowest BCUT2D eigenvalue weighted by atomic mass is 9.85. The maximum absolute atomic E-state index is 13.3. The number of carbonyl (C=O) groups excluding carboxylic acids is 2. The van der Waals surface area contributed by atoms with E-state index in [2.05, 4.69) is 5.32 Å². The minimum Gasteiger partial charge on any atom is -0.459 e. The molecule has 9 nitrogen and oxygen atoms in total. The lowest BCUT2D eigenvalue weighted by molar-refractivity contribution is 0.0699. The largest absolute Gasteiger partial charge is 0.459 e. The molecule has 0 aliphatic carbocycles. The summed E-state index contributed by atoms with van der Waals surface area (Å²) in [7, 11) is 0. The van der Waals surface area contributed by atoms with Crippen LogP contribution in [-0.2, 0) is 24.9 Å². The van der Waals surface area contributed by atoms with Crippen LogP contribution in [0.25, 0.3) is 0 Å².